The van der Waals surface area contributed by atoms with E-state index in [-0.39, 0.29) is 65.5 Å². The predicted molar refractivity (Wildman–Crippen MR) is 179 cm³/mol. The third kappa shape index (κ3) is 7.28. The van der Waals surface area contributed by atoms with Crippen LogP contribution < -0.4 is 9.47 Å². The average Bonchev–Trinajstić information content (AvgIpc) is 4.03. The van der Waals surface area contributed by atoms with Crippen LogP contribution in [0.5, 0.6) is 11.8 Å². The zero-order valence-electron chi connectivity index (χ0n) is 28.5. The molecule has 2 fully saturated rings. The lowest BCUT2D eigenvalue weighted by molar-refractivity contribution is -0.140. The standard InChI is InChI=1S/C34H35F4N9O3Si/c1-48-32-26(27(20-5-6-20)41-17-42-32)29-44-30-25(21(12-39)14-46(30)18-49-9-10-51(2,3)4)33(45-29)50-16-19-11-23(35)28(40-13-19)31-43-24(34(36,37)38)15-47(31)22-7-8-22/h11,13-15,17,20,22H,5-10,16,18H2,1-4H3. The van der Waals surface area contributed by atoms with Gasteiger partial charge in [-0.05, 0) is 37.8 Å². The van der Waals surface area contributed by atoms with Crippen molar-refractivity contribution in [2.75, 3.05) is 13.7 Å². The molecule has 0 aromatic carbocycles. The zero-order chi connectivity index (χ0) is 36.1. The molecule has 17 heteroatoms. The molecular weight excluding hydrogens is 687 g/mol. The highest BCUT2D eigenvalue weighted by Gasteiger charge is 2.38. The van der Waals surface area contributed by atoms with Gasteiger partial charge in [-0.25, -0.2) is 29.3 Å². The van der Waals surface area contributed by atoms with Gasteiger partial charge in [-0.15, -0.1) is 0 Å². The van der Waals surface area contributed by atoms with Gasteiger partial charge in [-0.3, -0.25) is 0 Å². The van der Waals surface area contributed by atoms with E-state index in [2.05, 4.69) is 45.6 Å². The van der Waals surface area contributed by atoms with Gasteiger partial charge in [-0.1, -0.05) is 19.6 Å². The van der Waals surface area contributed by atoms with Crippen molar-refractivity contribution in [3.63, 3.8) is 0 Å². The van der Waals surface area contributed by atoms with Gasteiger partial charge in [-0.2, -0.15) is 23.4 Å². The molecule has 51 heavy (non-hydrogen) atoms. The second kappa shape index (κ2) is 13.3. The van der Waals surface area contributed by atoms with Gasteiger partial charge < -0.3 is 23.3 Å². The van der Waals surface area contributed by atoms with Crippen LogP contribution in [0.2, 0.25) is 25.7 Å². The molecule has 5 heterocycles. The summed E-state index contributed by atoms with van der Waals surface area (Å²) in [5, 5.41) is 10.5. The number of hydrogen-bond donors (Lipinski definition) is 0. The van der Waals surface area contributed by atoms with Crippen LogP contribution in [-0.4, -0.2) is 60.8 Å². The van der Waals surface area contributed by atoms with Crippen LogP contribution in [0, 0.1) is 17.1 Å². The van der Waals surface area contributed by atoms with Gasteiger partial charge in [0, 0.05) is 50.8 Å². The molecule has 12 nitrogen and oxygen atoms in total. The Kier molecular flexibility index (Phi) is 9.00. The summed E-state index contributed by atoms with van der Waals surface area (Å²) < 4.78 is 76.9. The summed E-state index contributed by atoms with van der Waals surface area (Å²) in [5.41, 5.74) is 0.726. The number of rotatable bonds is 13. The molecule has 0 bridgehead atoms. The number of fused-ring (bicyclic) bond motifs is 1. The van der Waals surface area contributed by atoms with Gasteiger partial charge in [0.1, 0.15) is 37.0 Å². The van der Waals surface area contributed by atoms with Gasteiger partial charge in [0.2, 0.25) is 11.8 Å². The van der Waals surface area contributed by atoms with Crippen LogP contribution >= 0.6 is 0 Å². The molecule has 0 unspecified atom stereocenters. The lowest BCUT2D eigenvalue weighted by Gasteiger charge is -2.16. The van der Waals surface area contributed by atoms with Crippen LogP contribution in [0.3, 0.4) is 0 Å². The SMILES string of the molecule is COc1ncnc(C2CC2)c1-c1nc(OCc2cnc(-c3nc(C(F)(F)F)cn3C3CC3)c(F)c2)c2c(C#N)cn(COCC[Si](C)(C)C)c2n1. The third-order valence-corrected chi connectivity index (χ3v) is 10.4. The first-order valence-corrected chi connectivity index (χ1v) is 20.3. The summed E-state index contributed by atoms with van der Waals surface area (Å²) >= 11 is 0. The van der Waals surface area contributed by atoms with Crippen molar-refractivity contribution in [2.24, 2.45) is 0 Å². The number of imidazole rings is 1. The van der Waals surface area contributed by atoms with E-state index in [1.165, 1.54) is 24.2 Å². The molecule has 7 rings (SSSR count). The van der Waals surface area contributed by atoms with E-state index in [9.17, 15) is 18.4 Å². The average molecular weight is 722 g/mol. The van der Waals surface area contributed by atoms with Crippen molar-refractivity contribution < 1.29 is 31.8 Å². The first-order chi connectivity index (χ1) is 24.3. The zero-order valence-corrected chi connectivity index (χ0v) is 29.5. The molecule has 0 spiro atoms. The molecule has 5 aromatic heterocycles. The molecule has 2 aliphatic carbocycles. The molecule has 2 aliphatic rings. The number of nitriles is 1. The summed E-state index contributed by atoms with van der Waals surface area (Å²) in [4.78, 5) is 26.3. The van der Waals surface area contributed by atoms with E-state index in [0.717, 1.165) is 36.8 Å². The van der Waals surface area contributed by atoms with Crippen molar-refractivity contribution in [1.29, 1.82) is 5.26 Å². The molecule has 0 radical (unpaired) electrons. The Hall–Kier alpha value is -4.95. The Morgan fingerprint density at radius 3 is 2.45 bits per heavy atom. The summed E-state index contributed by atoms with van der Waals surface area (Å²) in [6.45, 7) is 7.20. The molecule has 0 amide bonds. The fraction of sp³-hybridized carbons (Fsp3) is 0.441. The minimum atomic E-state index is -4.68. The lowest BCUT2D eigenvalue weighted by Crippen LogP contribution is -2.22. The van der Waals surface area contributed by atoms with Crippen molar-refractivity contribution in [2.45, 2.75) is 82.8 Å². The van der Waals surface area contributed by atoms with Gasteiger partial charge in [0.05, 0.1) is 23.8 Å². The number of halogens is 4. The van der Waals surface area contributed by atoms with Crippen molar-refractivity contribution in [1.82, 2.24) is 39.0 Å². The minimum Gasteiger partial charge on any atom is -0.480 e. The molecular formula is C34H35F4N9O3Si. The fourth-order valence-electron chi connectivity index (χ4n) is 5.72. The highest BCUT2D eigenvalue weighted by molar-refractivity contribution is 6.76. The topological polar surface area (TPSA) is 139 Å². The summed E-state index contributed by atoms with van der Waals surface area (Å²) in [5.74, 6) is -0.317. The molecule has 5 aromatic rings. The third-order valence-electron chi connectivity index (χ3n) is 8.70. The van der Waals surface area contributed by atoms with Crippen LogP contribution in [0.25, 0.3) is 33.9 Å². The quantitative estimate of drug-likeness (QED) is 0.0692. The van der Waals surface area contributed by atoms with Gasteiger partial charge in [0.25, 0.3) is 0 Å². The normalized spacial score (nSPS) is 15.0. The number of aromatic nitrogens is 8. The Morgan fingerprint density at radius 2 is 1.80 bits per heavy atom. The number of nitrogens with zero attached hydrogens (tertiary/aromatic N) is 9. The van der Waals surface area contributed by atoms with E-state index < -0.39 is 25.8 Å². The van der Waals surface area contributed by atoms with E-state index in [4.69, 9.17) is 24.2 Å². The van der Waals surface area contributed by atoms with Crippen LogP contribution in [0.1, 0.15) is 60.2 Å². The second-order valence-electron chi connectivity index (χ2n) is 14.0. The number of methoxy groups -OCH3 is 1. The number of ether oxygens (including phenoxy) is 3. The molecule has 0 aliphatic heterocycles. The predicted octanol–water partition coefficient (Wildman–Crippen LogP) is 7.29. The maximum atomic E-state index is 15.6. The Bertz CT molecular complexity index is 2150. The highest BCUT2D eigenvalue weighted by atomic mass is 28.3. The van der Waals surface area contributed by atoms with E-state index in [1.807, 2.05) is 0 Å². The largest absolute Gasteiger partial charge is 0.480 e. The smallest absolute Gasteiger partial charge is 0.434 e. The van der Waals surface area contributed by atoms with Crippen molar-refractivity contribution in [3.05, 3.63) is 59.3 Å². The molecule has 0 atom stereocenters. The number of hydrogen-bond acceptors (Lipinski definition) is 10. The highest BCUT2D eigenvalue weighted by Crippen LogP contribution is 2.46. The molecule has 266 valence electrons. The summed E-state index contributed by atoms with van der Waals surface area (Å²) in [7, 11) is 0.136. The Labute approximate surface area is 291 Å². The van der Waals surface area contributed by atoms with E-state index in [1.54, 1.807) is 10.8 Å². The number of alkyl halides is 3. The number of pyridine rings is 1. The van der Waals surface area contributed by atoms with Crippen LogP contribution in [0.15, 0.2) is 31.0 Å². The van der Waals surface area contributed by atoms with Gasteiger partial charge in [0.15, 0.2) is 28.8 Å². The Morgan fingerprint density at radius 1 is 1.02 bits per heavy atom. The summed E-state index contributed by atoms with van der Waals surface area (Å²) in [6, 6.07) is 4.09. The van der Waals surface area contributed by atoms with Crippen LogP contribution in [0.4, 0.5) is 17.6 Å². The summed E-state index contributed by atoms with van der Waals surface area (Å²) in [6.07, 6.45) is 3.81. The first-order valence-electron chi connectivity index (χ1n) is 16.6. The van der Waals surface area contributed by atoms with Crippen molar-refractivity contribution in [3.8, 4) is 40.7 Å². The Balaban J connectivity index is 1.25. The second-order valence-corrected chi connectivity index (χ2v) is 19.6. The maximum Gasteiger partial charge on any atom is 0.434 e. The van der Waals surface area contributed by atoms with E-state index in [0.29, 0.717) is 36.0 Å². The van der Waals surface area contributed by atoms with E-state index >= 15 is 4.39 Å². The maximum absolute atomic E-state index is 15.6. The first kappa shape index (κ1) is 34.5. The molecule has 2 saturated carbocycles. The monoisotopic (exact) mass is 721 g/mol. The van der Waals surface area contributed by atoms with Gasteiger partial charge >= 0.3 is 6.18 Å². The fourth-order valence-corrected chi connectivity index (χ4v) is 6.47. The van der Waals surface area contributed by atoms with Crippen molar-refractivity contribution >= 4 is 19.1 Å². The molecule has 0 N–H and O–H groups in total. The molecule has 0 saturated heterocycles. The minimum absolute atomic E-state index is 0.0450. The van der Waals surface area contributed by atoms with Crippen LogP contribution in [-0.2, 0) is 24.3 Å². The lowest BCUT2D eigenvalue weighted by atomic mass is 10.1.